The Kier molecular flexibility index (Phi) is 3.15. The van der Waals surface area contributed by atoms with E-state index in [4.69, 9.17) is 0 Å². The van der Waals surface area contributed by atoms with Crippen molar-refractivity contribution < 1.29 is 4.79 Å². The summed E-state index contributed by atoms with van der Waals surface area (Å²) in [4.78, 5) is 27.1. The van der Waals surface area contributed by atoms with Gasteiger partial charge < -0.3 is 15.2 Å². The number of imidazole rings is 1. The van der Waals surface area contributed by atoms with Crippen molar-refractivity contribution in [1.82, 2.24) is 25.2 Å². The van der Waals surface area contributed by atoms with Crippen LogP contribution in [0.3, 0.4) is 0 Å². The van der Waals surface area contributed by atoms with Gasteiger partial charge in [-0.15, -0.1) is 0 Å². The molecule has 1 saturated heterocycles. The van der Waals surface area contributed by atoms with Gasteiger partial charge in [0.25, 0.3) is 5.91 Å². The highest BCUT2D eigenvalue weighted by Gasteiger charge is 2.56. The smallest absolute Gasteiger partial charge is 0.272 e. The normalized spacial score (nSPS) is 24.5. The van der Waals surface area contributed by atoms with Gasteiger partial charge >= 0.3 is 0 Å². The molecule has 0 bridgehead atoms. The molecule has 6 heteroatoms. The van der Waals surface area contributed by atoms with Gasteiger partial charge in [0, 0.05) is 19.1 Å². The maximum atomic E-state index is 12.8. The van der Waals surface area contributed by atoms with Crippen molar-refractivity contribution in [1.29, 1.82) is 0 Å². The zero-order valence-electron chi connectivity index (χ0n) is 13.9. The van der Waals surface area contributed by atoms with E-state index in [9.17, 15) is 4.79 Å². The zero-order valence-corrected chi connectivity index (χ0v) is 13.9. The Morgan fingerprint density at radius 3 is 2.68 bits per heavy atom. The van der Waals surface area contributed by atoms with Crippen LogP contribution in [0.25, 0.3) is 22.6 Å². The molecule has 2 N–H and O–H groups in total. The first-order valence-corrected chi connectivity index (χ1v) is 8.63. The molecule has 1 amide bonds. The molecule has 1 aromatic carbocycles. The number of nitrogens with zero attached hydrogens (tertiary/aromatic N) is 3. The topological polar surface area (TPSA) is 73.9 Å². The van der Waals surface area contributed by atoms with Crippen molar-refractivity contribution in [2.75, 3.05) is 20.1 Å². The summed E-state index contributed by atoms with van der Waals surface area (Å²) in [6.07, 6.45) is 0. The highest BCUT2D eigenvalue weighted by molar-refractivity contribution is 5.93. The summed E-state index contributed by atoms with van der Waals surface area (Å²) in [6.45, 7) is 1.65. The molecule has 3 heterocycles. The molecule has 126 valence electrons. The third-order valence-electron chi connectivity index (χ3n) is 5.41. The lowest BCUT2D eigenvalue weighted by Crippen LogP contribution is -2.35. The lowest BCUT2D eigenvalue weighted by Gasteiger charge is -2.19. The zero-order chi connectivity index (χ0) is 17.0. The summed E-state index contributed by atoms with van der Waals surface area (Å²) in [7, 11) is 1.99. The van der Waals surface area contributed by atoms with Crippen LogP contribution in [0.5, 0.6) is 0 Å². The second kappa shape index (κ2) is 5.39. The fourth-order valence-electron chi connectivity index (χ4n) is 4.04. The number of aromatic nitrogens is 3. The quantitative estimate of drug-likeness (QED) is 0.768. The lowest BCUT2D eigenvalue weighted by atomic mass is 10.2. The Labute approximate surface area is 145 Å². The van der Waals surface area contributed by atoms with Gasteiger partial charge in [-0.25, -0.2) is 9.97 Å². The molecular weight excluding hydrogens is 314 g/mol. The average Bonchev–Trinajstić information content (AvgIpc) is 3.02. The number of nitrogens with one attached hydrogen (secondary N) is 2. The Balaban J connectivity index is 1.40. The second-order valence-electron chi connectivity index (χ2n) is 6.86. The van der Waals surface area contributed by atoms with E-state index in [1.807, 2.05) is 48.3 Å². The Morgan fingerprint density at radius 2 is 1.92 bits per heavy atom. The van der Waals surface area contributed by atoms with Crippen LogP contribution in [0.15, 0.2) is 42.5 Å². The van der Waals surface area contributed by atoms with Crippen molar-refractivity contribution in [3.63, 3.8) is 0 Å². The number of H-pyrrole nitrogens is 1. The second-order valence-corrected chi connectivity index (χ2v) is 6.86. The lowest BCUT2D eigenvalue weighted by molar-refractivity contribution is 0.0766. The molecule has 6 nitrogen and oxygen atoms in total. The molecule has 25 heavy (non-hydrogen) atoms. The van der Waals surface area contributed by atoms with Gasteiger partial charge in [0.1, 0.15) is 11.4 Å². The van der Waals surface area contributed by atoms with Crippen LogP contribution in [0, 0.1) is 11.8 Å². The van der Waals surface area contributed by atoms with Gasteiger partial charge in [-0.2, -0.15) is 0 Å². The largest absolute Gasteiger partial charge is 0.337 e. The molecule has 1 aliphatic heterocycles. The number of fused-ring (bicyclic) bond motifs is 2. The number of hydrogen-bond donors (Lipinski definition) is 2. The third-order valence-corrected chi connectivity index (χ3v) is 5.41. The molecule has 1 saturated carbocycles. The van der Waals surface area contributed by atoms with E-state index in [0.717, 1.165) is 24.1 Å². The summed E-state index contributed by atoms with van der Waals surface area (Å²) in [5.74, 6) is 1.91. The van der Waals surface area contributed by atoms with Gasteiger partial charge in [-0.05, 0) is 43.1 Å². The Morgan fingerprint density at radius 1 is 1.12 bits per heavy atom. The Hall–Kier alpha value is -2.73. The van der Waals surface area contributed by atoms with Crippen LogP contribution >= 0.6 is 0 Å². The van der Waals surface area contributed by atoms with Crippen molar-refractivity contribution in [2.24, 2.45) is 11.8 Å². The summed E-state index contributed by atoms with van der Waals surface area (Å²) >= 11 is 0. The first-order chi connectivity index (χ1) is 12.2. The SMILES string of the molecule is CNC1C2CN(C(=O)c3cccc(-c4nc5ccccc5[nH]4)n3)CC21. The van der Waals surface area contributed by atoms with Crippen LogP contribution in [-0.2, 0) is 0 Å². The van der Waals surface area contributed by atoms with Crippen molar-refractivity contribution >= 4 is 16.9 Å². The minimum atomic E-state index is 0.0139. The monoisotopic (exact) mass is 333 g/mol. The van der Waals surface area contributed by atoms with Crippen molar-refractivity contribution in [3.8, 4) is 11.5 Å². The number of amides is 1. The van der Waals surface area contributed by atoms with Crippen molar-refractivity contribution in [3.05, 3.63) is 48.2 Å². The molecule has 2 fully saturated rings. The summed E-state index contributed by atoms with van der Waals surface area (Å²) < 4.78 is 0. The molecular formula is C19H19N5O. The van der Waals surface area contributed by atoms with Crippen molar-refractivity contribution in [2.45, 2.75) is 6.04 Å². The standard InChI is InChI=1S/C19H19N5O/c1-20-17-11-9-24(10-12(11)17)19(25)16-8-4-7-15(21-16)18-22-13-5-2-3-6-14(13)23-18/h2-8,11-12,17,20H,9-10H2,1H3,(H,22,23). The van der Waals surface area contributed by atoms with E-state index in [1.165, 1.54) is 0 Å². The molecule has 0 radical (unpaired) electrons. The molecule has 3 aromatic rings. The highest BCUT2D eigenvalue weighted by atomic mass is 16.2. The summed E-state index contributed by atoms with van der Waals surface area (Å²) in [5.41, 5.74) is 3.04. The number of para-hydroxylation sites is 2. The number of hydrogen-bond acceptors (Lipinski definition) is 4. The predicted octanol–water partition coefficient (Wildman–Crippen LogP) is 1.91. The highest BCUT2D eigenvalue weighted by Crippen LogP contribution is 2.45. The number of carbonyl (C=O) groups is 1. The number of aromatic amines is 1. The van der Waals surface area contributed by atoms with E-state index in [0.29, 0.717) is 35.1 Å². The van der Waals surface area contributed by atoms with Crippen LogP contribution in [0.4, 0.5) is 0 Å². The first kappa shape index (κ1) is 14.6. The number of likely N-dealkylation sites (tertiary alicyclic amines) is 1. The Bertz CT molecular complexity index is 920. The number of benzene rings is 1. The van der Waals surface area contributed by atoms with E-state index >= 15 is 0 Å². The number of pyridine rings is 1. The van der Waals surface area contributed by atoms with Gasteiger partial charge in [0.05, 0.1) is 11.0 Å². The number of piperidine rings is 1. The minimum Gasteiger partial charge on any atom is -0.337 e. The fraction of sp³-hybridized carbons (Fsp3) is 0.316. The van der Waals surface area contributed by atoms with E-state index in [-0.39, 0.29) is 5.91 Å². The molecule has 2 atom stereocenters. The molecule has 2 unspecified atom stereocenters. The first-order valence-electron chi connectivity index (χ1n) is 8.63. The molecule has 1 aliphatic carbocycles. The fourth-order valence-corrected chi connectivity index (χ4v) is 4.04. The number of carbonyl (C=O) groups excluding carboxylic acids is 1. The molecule has 2 aliphatic rings. The van der Waals surface area contributed by atoms with Gasteiger partial charge in [0.2, 0.25) is 0 Å². The average molecular weight is 333 g/mol. The van der Waals surface area contributed by atoms with Gasteiger partial charge in [-0.3, -0.25) is 4.79 Å². The third kappa shape index (κ3) is 2.33. The number of rotatable bonds is 3. The maximum Gasteiger partial charge on any atom is 0.272 e. The summed E-state index contributed by atoms with van der Waals surface area (Å²) in [6, 6.07) is 14.0. The van der Waals surface area contributed by atoms with Crippen LogP contribution in [-0.4, -0.2) is 51.9 Å². The summed E-state index contributed by atoms with van der Waals surface area (Å²) in [5, 5.41) is 3.32. The van der Waals surface area contributed by atoms with E-state index < -0.39 is 0 Å². The predicted molar refractivity (Wildman–Crippen MR) is 95.1 cm³/mol. The van der Waals surface area contributed by atoms with E-state index in [2.05, 4.69) is 20.3 Å². The molecule has 2 aromatic heterocycles. The molecule has 5 rings (SSSR count). The van der Waals surface area contributed by atoms with Crippen LogP contribution in [0.1, 0.15) is 10.5 Å². The van der Waals surface area contributed by atoms with Gasteiger partial charge in [0.15, 0.2) is 5.82 Å². The van der Waals surface area contributed by atoms with Crippen LogP contribution in [0.2, 0.25) is 0 Å². The van der Waals surface area contributed by atoms with E-state index in [1.54, 1.807) is 6.07 Å². The maximum absolute atomic E-state index is 12.8. The molecule has 0 spiro atoms. The van der Waals surface area contributed by atoms with Gasteiger partial charge in [-0.1, -0.05) is 18.2 Å². The minimum absolute atomic E-state index is 0.0139. The van der Waals surface area contributed by atoms with Crippen LogP contribution < -0.4 is 5.32 Å².